The molecule has 3 heteroatoms. The van der Waals surface area contributed by atoms with Crippen molar-refractivity contribution in [2.45, 2.75) is 52.6 Å². The molecule has 0 amide bonds. The molecule has 0 radical (unpaired) electrons. The van der Waals surface area contributed by atoms with Gasteiger partial charge in [0.05, 0.1) is 0 Å². The standard InChI is InChI=1S/C17H23F2N/c1-16(2)12-6-7-17(3,9-12)15(16)20-10-11-4-5-13(18)8-14(11)19/h4-5,8,12,15,20H,6-7,9-10H2,1-3H3. The zero-order valence-corrected chi connectivity index (χ0v) is 12.5. The van der Waals surface area contributed by atoms with E-state index in [9.17, 15) is 8.78 Å². The first-order valence-corrected chi connectivity index (χ1v) is 7.50. The molecule has 0 spiro atoms. The van der Waals surface area contributed by atoms with Gasteiger partial charge in [-0.3, -0.25) is 0 Å². The van der Waals surface area contributed by atoms with Crippen LogP contribution in [0.25, 0.3) is 0 Å². The van der Waals surface area contributed by atoms with Crippen molar-refractivity contribution in [3.05, 3.63) is 35.4 Å². The maximum absolute atomic E-state index is 13.7. The van der Waals surface area contributed by atoms with Crippen LogP contribution in [0.4, 0.5) is 8.78 Å². The zero-order valence-electron chi connectivity index (χ0n) is 12.5. The van der Waals surface area contributed by atoms with Crippen molar-refractivity contribution in [1.29, 1.82) is 0 Å². The van der Waals surface area contributed by atoms with Crippen LogP contribution in [-0.4, -0.2) is 6.04 Å². The van der Waals surface area contributed by atoms with E-state index in [1.54, 1.807) is 6.07 Å². The number of hydrogen-bond acceptors (Lipinski definition) is 1. The molecule has 20 heavy (non-hydrogen) atoms. The molecular formula is C17H23F2N. The summed E-state index contributed by atoms with van der Waals surface area (Å²) in [5.74, 6) is -0.204. The Morgan fingerprint density at radius 3 is 2.60 bits per heavy atom. The molecule has 1 nitrogen and oxygen atoms in total. The lowest BCUT2D eigenvalue weighted by Crippen LogP contribution is -2.50. The molecule has 1 aromatic carbocycles. The summed E-state index contributed by atoms with van der Waals surface area (Å²) in [6.45, 7) is 7.46. The van der Waals surface area contributed by atoms with Gasteiger partial charge in [0.1, 0.15) is 11.6 Å². The number of fused-ring (bicyclic) bond motifs is 2. The molecule has 0 heterocycles. The van der Waals surface area contributed by atoms with Gasteiger partial charge in [0, 0.05) is 24.2 Å². The minimum Gasteiger partial charge on any atom is -0.309 e. The van der Waals surface area contributed by atoms with Crippen LogP contribution in [0.5, 0.6) is 0 Å². The largest absolute Gasteiger partial charge is 0.309 e. The Kier molecular flexibility index (Phi) is 3.16. The fraction of sp³-hybridized carbons (Fsp3) is 0.647. The molecule has 0 saturated heterocycles. The lowest BCUT2D eigenvalue weighted by Gasteiger charge is -2.43. The zero-order chi connectivity index (χ0) is 14.5. The lowest BCUT2D eigenvalue weighted by molar-refractivity contribution is 0.107. The maximum atomic E-state index is 13.7. The fourth-order valence-corrected chi connectivity index (χ4v) is 4.69. The Hall–Kier alpha value is -0.960. The molecule has 3 rings (SSSR count). The smallest absolute Gasteiger partial charge is 0.130 e. The van der Waals surface area contributed by atoms with E-state index < -0.39 is 11.6 Å². The highest BCUT2D eigenvalue weighted by molar-refractivity contribution is 5.19. The Morgan fingerprint density at radius 1 is 1.25 bits per heavy atom. The molecule has 2 saturated carbocycles. The van der Waals surface area contributed by atoms with Crippen molar-refractivity contribution >= 4 is 0 Å². The van der Waals surface area contributed by atoms with Crippen molar-refractivity contribution in [2.75, 3.05) is 0 Å². The van der Waals surface area contributed by atoms with Crippen LogP contribution in [0.3, 0.4) is 0 Å². The van der Waals surface area contributed by atoms with E-state index in [0.29, 0.717) is 23.6 Å². The van der Waals surface area contributed by atoms with Crippen LogP contribution < -0.4 is 5.32 Å². The number of benzene rings is 1. The number of rotatable bonds is 3. The molecule has 0 aromatic heterocycles. The van der Waals surface area contributed by atoms with Crippen molar-refractivity contribution < 1.29 is 8.78 Å². The van der Waals surface area contributed by atoms with Crippen molar-refractivity contribution in [2.24, 2.45) is 16.7 Å². The highest BCUT2D eigenvalue weighted by Crippen LogP contribution is 2.62. The summed E-state index contributed by atoms with van der Waals surface area (Å²) in [7, 11) is 0. The van der Waals surface area contributed by atoms with Gasteiger partial charge in [0.25, 0.3) is 0 Å². The molecular weight excluding hydrogens is 256 g/mol. The second-order valence-electron chi connectivity index (χ2n) is 7.46. The van der Waals surface area contributed by atoms with Gasteiger partial charge in [-0.15, -0.1) is 0 Å². The summed E-state index contributed by atoms with van der Waals surface area (Å²) in [6, 6.07) is 4.23. The van der Waals surface area contributed by atoms with Crippen LogP contribution >= 0.6 is 0 Å². The van der Waals surface area contributed by atoms with E-state index in [1.807, 2.05) is 0 Å². The minimum atomic E-state index is -0.515. The summed E-state index contributed by atoms with van der Waals surface area (Å²) < 4.78 is 26.7. The summed E-state index contributed by atoms with van der Waals surface area (Å²) in [4.78, 5) is 0. The van der Waals surface area contributed by atoms with Crippen LogP contribution in [0.1, 0.15) is 45.6 Å². The first-order chi connectivity index (χ1) is 9.33. The summed E-state index contributed by atoms with van der Waals surface area (Å²) in [5, 5.41) is 3.56. The van der Waals surface area contributed by atoms with E-state index in [0.717, 1.165) is 12.0 Å². The third kappa shape index (κ3) is 2.07. The van der Waals surface area contributed by atoms with E-state index in [1.165, 1.54) is 25.3 Å². The average molecular weight is 279 g/mol. The Morgan fingerprint density at radius 2 is 2.00 bits per heavy atom. The maximum Gasteiger partial charge on any atom is 0.130 e. The van der Waals surface area contributed by atoms with E-state index >= 15 is 0 Å². The monoisotopic (exact) mass is 279 g/mol. The van der Waals surface area contributed by atoms with Crippen molar-refractivity contribution in [3.8, 4) is 0 Å². The Balaban J connectivity index is 1.75. The summed E-state index contributed by atoms with van der Waals surface area (Å²) in [6.07, 6.45) is 3.83. The third-order valence-electron chi connectivity index (χ3n) is 5.78. The average Bonchev–Trinajstić information content (AvgIpc) is 2.82. The van der Waals surface area contributed by atoms with Crippen LogP contribution in [-0.2, 0) is 6.54 Å². The van der Waals surface area contributed by atoms with Gasteiger partial charge in [-0.05, 0) is 42.1 Å². The molecule has 2 bridgehead atoms. The first kappa shape index (κ1) is 14.0. The predicted octanol–water partition coefficient (Wildman–Crippen LogP) is 4.27. The third-order valence-corrected chi connectivity index (χ3v) is 5.78. The summed E-state index contributed by atoms with van der Waals surface area (Å²) >= 11 is 0. The predicted molar refractivity (Wildman–Crippen MR) is 76.2 cm³/mol. The van der Waals surface area contributed by atoms with Crippen LogP contribution in [0.15, 0.2) is 18.2 Å². The fourth-order valence-electron chi connectivity index (χ4n) is 4.69. The molecule has 2 aliphatic carbocycles. The van der Waals surface area contributed by atoms with Crippen LogP contribution in [0, 0.1) is 28.4 Å². The second-order valence-corrected chi connectivity index (χ2v) is 7.46. The van der Waals surface area contributed by atoms with Crippen LogP contribution in [0.2, 0.25) is 0 Å². The molecule has 1 N–H and O–H groups in total. The van der Waals surface area contributed by atoms with Crippen molar-refractivity contribution in [1.82, 2.24) is 5.32 Å². The Labute approximate surface area is 119 Å². The van der Waals surface area contributed by atoms with Gasteiger partial charge in [-0.25, -0.2) is 8.78 Å². The van der Waals surface area contributed by atoms with Crippen molar-refractivity contribution in [3.63, 3.8) is 0 Å². The van der Waals surface area contributed by atoms with E-state index in [2.05, 4.69) is 26.1 Å². The van der Waals surface area contributed by atoms with Gasteiger partial charge in [0.15, 0.2) is 0 Å². The highest BCUT2D eigenvalue weighted by Gasteiger charge is 2.58. The minimum absolute atomic E-state index is 0.253. The van der Waals surface area contributed by atoms with Gasteiger partial charge in [-0.2, -0.15) is 0 Å². The summed E-state index contributed by atoms with van der Waals surface area (Å²) in [5.41, 5.74) is 1.13. The molecule has 1 aromatic rings. The van der Waals surface area contributed by atoms with Gasteiger partial charge >= 0.3 is 0 Å². The molecule has 3 unspecified atom stereocenters. The number of hydrogen-bond donors (Lipinski definition) is 1. The van der Waals surface area contributed by atoms with Gasteiger partial charge < -0.3 is 5.32 Å². The molecule has 2 fully saturated rings. The van der Waals surface area contributed by atoms with E-state index in [-0.39, 0.29) is 5.41 Å². The lowest BCUT2D eigenvalue weighted by atomic mass is 9.68. The van der Waals surface area contributed by atoms with Gasteiger partial charge in [-0.1, -0.05) is 26.8 Å². The second kappa shape index (κ2) is 4.52. The first-order valence-electron chi connectivity index (χ1n) is 7.50. The molecule has 0 aliphatic heterocycles. The van der Waals surface area contributed by atoms with E-state index in [4.69, 9.17) is 0 Å². The highest BCUT2D eigenvalue weighted by atomic mass is 19.1. The normalized spacial score (nSPS) is 34.6. The molecule has 2 aliphatic rings. The molecule has 110 valence electrons. The quantitative estimate of drug-likeness (QED) is 0.871. The number of halogens is 2. The topological polar surface area (TPSA) is 12.0 Å². The van der Waals surface area contributed by atoms with Gasteiger partial charge in [0.2, 0.25) is 0 Å². The molecule has 3 atom stereocenters. The Bertz CT molecular complexity index is 521. The number of nitrogens with one attached hydrogen (secondary N) is 1. The SMILES string of the molecule is CC12CCC(C1)C(C)(C)C2NCc1ccc(F)cc1F.